The minimum atomic E-state index is -0.934. The number of para-hydroxylation sites is 2. The van der Waals surface area contributed by atoms with Crippen LogP contribution in [0.5, 0.6) is 5.75 Å². The molecule has 200 valence electrons. The molecule has 2 atom stereocenters. The number of aryl methyl sites for hydroxylation is 1. The van der Waals surface area contributed by atoms with E-state index in [2.05, 4.69) is 17.1 Å². The summed E-state index contributed by atoms with van der Waals surface area (Å²) in [5.41, 5.74) is 3.56. The fourth-order valence-corrected chi connectivity index (χ4v) is 4.48. The number of anilines is 1. The van der Waals surface area contributed by atoms with Crippen molar-refractivity contribution in [3.8, 4) is 5.75 Å². The average molecular weight is 517 g/mol. The third-order valence-electron chi connectivity index (χ3n) is 6.73. The highest BCUT2D eigenvalue weighted by atomic mass is 16.5. The molecule has 7 nitrogen and oxygen atoms in total. The SMILES string of the molecule is COC(=O)C(CCCCCc1ccccc1)C(O)c1ccc(OCCN(C)c2nc3ccccc3o2)cc1. The Morgan fingerprint density at radius 1 is 0.974 bits per heavy atom. The van der Waals surface area contributed by atoms with Gasteiger partial charge in [-0.15, -0.1) is 0 Å². The van der Waals surface area contributed by atoms with Gasteiger partial charge in [0.15, 0.2) is 5.58 Å². The van der Waals surface area contributed by atoms with Crippen LogP contribution in [0, 0.1) is 5.92 Å². The molecule has 0 radical (unpaired) electrons. The van der Waals surface area contributed by atoms with E-state index < -0.39 is 12.0 Å². The highest BCUT2D eigenvalue weighted by molar-refractivity contribution is 5.74. The number of carbonyl (C=O) groups is 1. The minimum Gasteiger partial charge on any atom is -0.492 e. The molecule has 3 aromatic carbocycles. The fourth-order valence-electron chi connectivity index (χ4n) is 4.48. The maximum Gasteiger partial charge on any atom is 0.311 e. The van der Waals surface area contributed by atoms with E-state index >= 15 is 0 Å². The van der Waals surface area contributed by atoms with E-state index in [1.807, 2.05) is 66.5 Å². The quantitative estimate of drug-likeness (QED) is 0.163. The molecule has 0 aliphatic carbocycles. The summed E-state index contributed by atoms with van der Waals surface area (Å²) >= 11 is 0. The van der Waals surface area contributed by atoms with E-state index in [0.29, 0.717) is 36.9 Å². The number of hydrogen-bond acceptors (Lipinski definition) is 7. The van der Waals surface area contributed by atoms with Gasteiger partial charge in [0.25, 0.3) is 6.01 Å². The Kier molecular flexibility index (Phi) is 9.76. The number of unbranched alkanes of at least 4 members (excludes halogenated alkanes) is 2. The van der Waals surface area contributed by atoms with Crippen LogP contribution in [0.4, 0.5) is 6.01 Å². The molecule has 0 saturated heterocycles. The van der Waals surface area contributed by atoms with Gasteiger partial charge in [-0.25, -0.2) is 0 Å². The summed E-state index contributed by atoms with van der Waals surface area (Å²) in [4.78, 5) is 18.8. The normalized spacial score (nSPS) is 12.7. The number of aliphatic hydroxyl groups is 1. The number of benzene rings is 3. The lowest BCUT2D eigenvalue weighted by molar-refractivity contribution is -0.150. The number of fused-ring (bicyclic) bond motifs is 1. The smallest absolute Gasteiger partial charge is 0.311 e. The first-order valence-electron chi connectivity index (χ1n) is 13.1. The van der Waals surface area contributed by atoms with E-state index in [9.17, 15) is 9.90 Å². The number of aliphatic hydroxyl groups excluding tert-OH is 1. The zero-order valence-electron chi connectivity index (χ0n) is 22.1. The van der Waals surface area contributed by atoms with Gasteiger partial charge in [0.05, 0.1) is 25.7 Å². The van der Waals surface area contributed by atoms with Crippen LogP contribution in [0.15, 0.2) is 83.3 Å². The summed E-state index contributed by atoms with van der Waals surface area (Å²) in [5, 5.41) is 11.0. The van der Waals surface area contributed by atoms with Crippen molar-refractivity contribution in [3.63, 3.8) is 0 Å². The predicted octanol–water partition coefficient (Wildman–Crippen LogP) is 5.97. The number of rotatable bonds is 14. The van der Waals surface area contributed by atoms with Crippen molar-refractivity contribution in [1.82, 2.24) is 4.98 Å². The van der Waals surface area contributed by atoms with Gasteiger partial charge < -0.3 is 23.9 Å². The largest absolute Gasteiger partial charge is 0.492 e. The molecule has 2 unspecified atom stereocenters. The Morgan fingerprint density at radius 3 is 2.45 bits per heavy atom. The number of carbonyl (C=O) groups excluding carboxylic acids is 1. The zero-order valence-corrected chi connectivity index (χ0v) is 22.1. The molecule has 0 fully saturated rings. The number of methoxy groups -OCH3 is 1. The maximum atomic E-state index is 12.4. The highest BCUT2D eigenvalue weighted by Crippen LogP contribution is 2.29. The fraction of sp³-hybridized carbons (Fsp3) is 0.355. The van der Waals surface area contributed by atoms with Crippen LogP contribution < -0.4 is 9.64 Å². The summed E-state index contributed by atoms with van der Waals surface area (Å²) in [6, 6.07) is 25.8. The van der Waals surface area contributed by atoms with Gasteiger partial charge in [-0.3, -0.25) is 4.79 Å². The van der Waals surface area contributed by atoms with Crippen molar-refractivity contribution in [2.45, 2.75) is 38.2 Å². The van der Waals surface area contributed by atoms with Gasteiger partial charge in [-0.1, -0.05) is 67.4 Å². The van der Waals surface area contributed by atoms with Gasteiger partial charge in [0, 0.05) is 7.05 Å². The molecule has 0 aliphatic heterocycles. The number of oxazole rings is 1. The predicted molar refractivity (Wildman–Crippen MR) is 148 cm³/mol. The molecule has 7 heteroatoms. The highest BCUT2D eigenvalue weighted by Gasteiger charge is 2.28. The number of aromatic nitrogens is 1. The molecule has 0 spiro atoms. The zero-order chi connectivity index (χ0) is 26.7. The molecule has 0 saturated carbocycles. The summed E-state index contributed by atoms with van der Waals surface area (Å²) in [6.45, 7) is 1.02. The number of likely N-dealkylation sites (N-methyl/N-ethyl adjacent to an activating group) is 1. The van der Waals surface area contributed by atoms with E-state index in [-0.39, 0.29) is 5.97 Å². The van der Waals surface area contributed by atoms with E-state index in [1.54, 1.807) is 12.1 Å². The third kappa shape index (κ3) is 7.35. The first-order chi connectivity index (χ1) is 18.5. The van der Waals surface area contributed by atoms with Gasteiger partial charge >= 0.3 is 5.97 Å². The summed E-state index contributed by atoms with van der Waals surface area (Å²) < 4.78 is 16.7. The van der Waals surface area contributed by atoms with E-state index in [0.717, 1.165) is 36.8 Å². The Hall–Kier alpha value is -3.84. The van der Waals surface area contributed by atoms with Crippen LogP contribution in [-0.4, -0.2) is 43.4 Å². The van der Waals surface area contributed by atoms with Crippen molar-refractivity contribution in [2.24, 2.45) is 5.92 Å². The monoisotopic (exact) mass is 516 g/mol. The van der Waals surface area contributed by atoms with Crippen LogP contribution in [0.3, 0.4) is 0 Å². The molecular formula is C31H36N2O5. The van der Waals surface area contributed by atoms with Gasteiger partial charge in [-0.2, -0.15) is 4.98 Å². The molecule has 38 heavy (non-hydrogen) atoms. The molecule has 1 N–H and O–H groups in total. The summed E-state index contributed by atoms with van der Waals surface area (Å²) in [7, 11) is 3.27. The molecule has 0 amide bonds. The second-order valence-electron chi connectivity index (χ2n) is 9.46. The van der Waals surface area contributed by atoms with Crippen LogP contribution in [0.2, 0.25) is 0 Å². The molecule has 1 heterocycles. The molecular weight excluding hydrogens is 480 g/mol. The number of ether oxygens (including phenoxy) is 2. The minimum absolute atomic E-state index is 0.386. The lowest BCUT2D eigenvalue weighted by Gasteiger charge is -2.21. The molecule has 4 rings (SSSR count). The van der Waals surface area contributed by atoms with Crippen molar-refractivity contribution in [2.75, 3.05) is 32.2 Å². The van der Waals surface area contributed by atoms with Gasteiger partial charge in [0.1, 0.15) is 17.9 Å². The molecule has 0 bridgehead atoms. The molecule has 4 aromatic rings. The van der Waals surface area contributed by atoms with E-state index in [4.69, 9.17) is 13.9 Å². The average Bonchev–Trinajstić information content (AvgIpc) is 3.40. The van der Waals surface area contributed by atoms with Crippen molar-refractivity contribution in [3.05, 3.63) is 90.0 Å². The van der Waals surface area contributed by atoms with Gasteiger partial charge in [-0.05, 0) is 54.7 Å². The summed E-state index contributed by atoms with van der Waals surface area (Å²) in [5.74, 6) is -0.306. The van der Waals surface area contributed by atoms with Crippen LogP contribution in [-0.2, 0) is 16.0 Å². The third-order valence-corrected chi connectivity index (χ3v) is 6.73. The lowest BCUT2D eigenvalue weighted by atomic mass is 9.90. The van der Waals surface area contributed by atoms with Crippen LogP contribution in [0.1, 0.15) is 42.9 Å². The number of esters is 1. The van der Waals surface area contributed by atoms with Crippen molar-refractivity contribution in [1.29, 1.82) is 0 Å². The number of nitrogens with zero attached hydrogens (tertiary/aromatic N) is 2. The molecule has 1 aromatic heterocycles. The lowest BCUT2D eigenvalue weighted by Crippen LogP contribution is -2.24. The van der Waals surface area contributed by atoms with E-state index in [1.165, 1.54) is 12.7 Å². The number of hydrogen-bond donors (Lipinski definition) is 1. The van der Waals surface area contributed by atoms with Crippen molar-refractivity contribution < 1.29 is 23.8 Å². The van der Waals surface area contributed by atoms with Crippen molar-refractivity contribution >= 4 is 23.1 Å². The first-order valence-corrected chi connectivity index (χ1v) is 13.1. The standard InChI is InChI=1S/C31H36N2O5/c1-33(31-32-27-15-9-10-16-28(27)38-31)21-22-37-25-19-17-24(18-20-25)29(34)26(30(35)36-2)14-8-4-7-13-23-11-5-3-6-12-23/h3,5-6,9-12,15-20,26,29,34H,4,7-8,13-14,21-22H2,1-2H3. The molecule has 0 aliphatic rings. The Morgan fingerprint density at radius 2 is 1.71 bits per heavy atom. The van der Waals surface area contributed by atoms with Crippen LogP contribution >= 0.6 is 0 Å². The summed E-state index contributed by atoms with van der Waals surface area (Å²) in [6.07, 6.45) is 3.53. The Labute approximate surface area is 224 Å². The second kappa shape index (κ2) is 13.6. The second-order valence-corrected chi connectivity index (χ2v) is 9.46. The van der Waals surface area contributed by atoms with Crippen LogP contribution in [0.25, 0.3) is 11.1 Å². The topological polar surface area (TPSA) is 85.0 Å². The maximum absolute atomic E-state index is 12.4. The Bertz CT molecular complexity index is 1240. The Balaban J connectivity index is 1.24. The van der Waals surface area contributed by atoms with Gasteiger partial charge in [0.2, 0.25) is 0 Å². The first kappa shape index (κ1) is 27.2.